The van der Waals surface area contributed by atoms with E-state index in [0.29, 0.717) is 0 Å². The Balaban J connectivity index is 0. The van der Waals surface area contributed by atoms with Crippen LogP contribution in [0.15, 0.2) is 0 Å². The van der Waals surface area contributed by atoms with E-state index in [1.165, 1.54) is 0 Å². The van der Waals surface area contributed by atoms with Gasteiger partial charge in [0.1, 0.15) is 0 Å². The molecule has 0 aromatic heterocycles. The first-order chi connectivity index (χ1) is 2.56. The van der Waals surface area contributed by atoms with Crippen molar-refractivity contribution < 1.29 is 5.11 Å². The average Bonchev–Trinajstić information content (AvgIpc) is 1.35. The van der Waals surface area contributed by atoms with Crippen LogP contribution in [0.5, 0.6) is 0 Å². The summed E-state index contributed by atoms with van der Waals surface area (Å²) in [6.45, 7) is 5.56. The van der Waals surface area contributed by atoms with Gasteiger partial charge in [-0.1, -0.05) is 6.92 Å². The van der Waals surface area contributed by atoms with Crippen molar-refractivity contribution in [1.29, 1.82) is 0 Å². The van der Waals surface area contributed by atoms with E-state index in [4.69, 9.17) is 5.11 Å². The molecule has 0 aliphatic carbocycles. The van der Waals surface area contributed by atoms with Gasteiger partial charge in [-0.05, 0) is 20.3 Å². The molecule has 1 N–H and O–H groups in total. The maximum atomic E-state index is 8.83. The second-order valence-electron chi connectivity index (χ2n) is 2.17. The molecule has 7 heavy (non-hydrogen) atoms. The molecule has 0 atom stereocenters. The summed E-state index contributed by atoms with van der Waals surface area (Å²) in [4.78, 5) is 0. The third-order valence-electron chi connectivity index (χ3n) is 0.865. The Morgan fingerprint density at radius 2 is 1.57 bits per heavy atom. The molecule has 2 heteroatoms. The SMILES string of the molecule is CCC(C)(C)O.[GaH3]. The minimum absolute atomic E-state index is 0. The van der Waals surface area contributed by atoms with Crippen LogP contribution in [-0.2, 0) is 0 Å². The molecule has 0 spiro atoms. The summed E-state index contributed by atoms with van der Waals surface area (Å²) in [5.74, 6) is 0. The molecular weight excluding hydrogens is 146 g/mol. The van der Waals surface area contributed by atoms with Crippen molar-refractivity contribution >= 4 is 19.8 Å². The molecule has 0 aliphatic rings. The van der Waals surface area contributed by atoms with Gasteiger partial charge in [0, 0.05) is 0 Å². The molecule has 0 unspecified atom stereocenters. The Bertz CT molecular complexity index is 37.8. The number of rotatable bonds is 1. The van der Waals surface area contributed by atoms with Gasteiger partial charge in [-0.2, -0.15) is 0 Å². The van der Waals surface area contributed by atoms with E-state index >= 15 is 0 Å². The van der Waals surface area contributed by atoms with E-state index in [-0.39, 0.29) is 19.8 Å². The summed E-state index contributed by atoms with van der Waals surface area (Å²) in [6, 6.07) is 0. The van der Waals surface area contributed by atoms with Crippen LogP contribution in [0.25, 0.3) is 0 Å². The second-order valence-corrected chi connectivity index (χ2v) is 2.17. The van der Waals surface area contributed by atoms with Gasteiger partial charge in [0.15, 0.2) is 0 Å². The Kier molecular flexibility index (Phi) is 5.40. The van der Waals surface area contributed by atoms with Crippen LogP contribution in [0.3, 0.4) is 0 Å². The summed E-state index contributed by atoms with van der Waals surface area (Å²) in [5.41, 5.74) is -0.458. The average molecular weight is 161 g/mol. The molecule has 44 valence electrons. The molecule has 0 saturated heterocycles. The van der Waals surface area contributed by atoms with Gasteiger partial charge in [0.2, 0.25) is 0 Å². The monoisotopic (exact) mass is 160 g/mol. The van der Waals surface area contributed by atoms with Crippen LogP contribution in [-0.4, -0.2) is 30.5 Å². The summed E-state index contributed by atoms with van der Waals surface area (Å²) in [5, 5.41) is 8.83. The molecule has 0 saturated carbocycles. The Hall–Kier alpha value is 0.596. The number of hydrogen-bond acceptors (Lipinski definition) is 1. The van der Waals surface area contributed by atoms with E-state index in [0.717, 1.165) is 6.42 Å². The van der Waals surface area contributed by atoms with Gasteiger partial charge in [-0.15, -0.1) is 0 Å². The molecule has 0 rings (SSSR count). The third kappa shape index (κ3) is 10.8. The van der Waals surface area contributed by atoms with E-state index in [9.17, 15) is 0 Å². The molecule has 0 aromatic carbocycles. The van der Waals surface area contributed by atoms with Crippen molar-refractivity contribution in [2.24, 2.45) is 0 Å². The number of aliphatic hydroxyl groups is 1. The van der Waals surface area contributed by atoms with Gasteiger partial charge in [-0.3, -0.25) is 0 Å². The van der Waals surface area contributed by atoms with Gasteiger partial charge < -0.3 is 5.11 Å². The summed E-state index contributed by atoms with van der Waals surface area (Å²) < 4.78 is 0. The van der Waals surface area contributed by atoms with Crippen LogP contribution in [0.1, 0.15) is 27.2 Å². The van der Waals surface area contributed by atoms with Crippen LogP contribution >= 0.6 is 0 Å². The fraction of sp³-hybridized carbons (Fsp3) is 1.00. The fourth-order valence-electron chi connectivity index (χ4n) is 0. The van der Waals surface area contributed by atoms with Gasteiger partial charge >= 0.3 is 19.8 Å². The predicted octanol–water partition coefficient (Wildman–Crippen LogP) is -0.0166. The van der Waals surface area contributed by atoms with Crippen LogP contribution in [0.4, 0.5) is 0 Å². The van der Waals surface area contributed by atoms with Crippen LogP contribution in [0.2, 0.25) is 0 Å². The Labute approximate surface area is 58.2 Å². The predicted molar refractivity (Wildman–Crippen MR) is 36.5 cm³/mol. The zero-order chi connectivity index (χ0) is 5.21. The summed E-state index contributed by atoms with van der Waals surface area (Å²) in [7, 11) is 0. The van der Waals surface area contributed by atoms with Crippen molar-refractivity contribution in [3.05, 3.63) is 0 Å². The Morgan fingerprint density at radius 1 is 1.43 bits per heavy atom. The fourth-order valence-corrected chi connectivity index (χ4v) is 0. The van der Waals surface area contributed by atoms with Crippen LogP contribution < -0.4 is 0 Å². The molecule has 0 amide bonds. The molecule has 0 aromatic rings. The van der Waals surface area contributed by atoms with Crippen molar-refractivity contribution in [3.63, 3.8) is 0 Å². The van der Waals surface area contributed by atoms with E-state index < -0.39 is 5.60 Å². The third-order valence-corrected chi connectivity index (χ3v) is 0.865. The van der Waals surface area contributed by atoms with Crippen molar-refractivity contribution in [1.82, 2.24) is 0 Å². The van der Waals surface area contributed by atoms with E-state index in [2.05, 4.69) is 0 Å². The van der Waals surface area contributed by atoms with Crippen molar-refractivity contribution in [2.75, 3.05) is 0 Å². The molecule has 0 fully saturated rings. The van der Waals surface area contributed by atoms with Crippen molar-refractivity contribution in [2.45, 2.75) is 32.8 Å². The first kappa shape index (κ1) is 10.6. The topological polar surface area (TPSA) is 20.2 Å². The first-order valence-electron chi connectivity index (χ1n) is 2.28. The standard InChI is InChI=1S/C5H12O.Ga.3H/c1-4-5(2,3)6;;;;/h6H,4H2,1-3H3;;;;. The molecule has 0 aliphatic heterocycles. The normalized spacial score (nSPS) is 10.3. The zero-order valence-electron chi connectivity index (χ0n) is 4.65. The van der Waals surface area contributed by atoms with Crippen molar-refractivity contribution in [3.8, 4) is 0 Å². The van der Waals surface area contributed by atoms with Gasteiger partial charge in [0.05, 0.1) is 5.60 Å². The Morgan fingerprint density at radius 3 is 1.57 bits per heavy atom. The molecule has 0 radical (unpaired) electrons. The van der Waals surface area contributed by atoms with Crippen LogP contribution in [0, 0.1) is 0 Å². The molecular formula is C5H15GaO. The number of hydrogen-bond donors (Lipinski definition) is 1. The van der Waals surface area contributed by atoms with E-state index in [1.54, 1.807) is 13.8 Å². The van der Waals surface area contributed by atoms with Gasteiger partial charge in [-0.25, -0.2) is 0 Å². The zero-order valence-corrected chi connectivity index (χ0v) is 4.65. The molecule has 0 heterocycles. The minimum atomic E-state index is -0.458. The quantitative estimate of drug-likeness (QED) is 0.536. The maximum absolute atomic E-state index is 8.83. The first-order valence-corrected chi connectivity index (χ1v) is 2.28. The molecule has 0 bridgehead atoms. The summed E-state index contributed by atoms with van der Waals surface area (Å²) >= 11 is 0. The van der Waals surface area contributed by atoms with E-state index in [1.807, 2.05) is 6.92 Å². The summed E-state index contributed by atoms with van der Waals surface area (Å²) in [6.07, 6.45) is 0.826. The molecule has 1 nitrogen and oxygen atoms in total. The van der Waals surface area contributed by atoms with Gasteiger partial charge in [0.25, 0.3) is 0 Å². The second kappa shape index (κ2) is 3.58.